The van der Waals surface area contributed by atoms with Crippen LogP contribution in [0.2, 0.25) is 0 Å². The average molecular weight is 317 g/mol. The van der Waals surface area contributed by atoms with Crippen LogP contribution in [0.15, 0.2) is 42.7 Å². The first-order valence-corrected chi connectivity index (χ1v) is 7.93. The van der Waals surface area contributed by atoms with Gasteiger partial charge in [0.25, 0.3) is 0 Å². The summed E-state index contributed by atoms with van der Waals surface area (Å²) in [4.78, 5) is 2.05. The lowest BCUT2D eigenvalue weighted by Gasteiger charge is -2.26. The van der Waals surface area contributed by atoms with E-state index in [-0.39, 0.29) is 12.6 Å². The number of nitrogens with zero attached hydrogens (tertiary/aromatic N) is 3. The monoisotopic (exact) mass is 317 g/mol. The minimum absolute atomic E-state index is 0.0677. The van der Waals surface area contributed by atoms with Gasteiger partial charge < -0.3 is 14.9 Å². The summed E-state index contributed by atoms with van der Waals surface area (Å²) in [6.45, 7) is 3.11. The van der Waals surface area contributed by atoms with E-state index in [1.807, 2.05) is 46.1 Å². The Bertz CT molecular complexity index is 598. The van der Waals surface area contributed by atoms with Gasteiger partial charge in [0.05, 0.1) is 38.2 Å². The van der Waals surface area contributed by atoms with Crippen LogP contribution in [0.1, 0.15) is 23.3 Å². The summed E-state index contributed by atoms with van der Waals surface area (Å²) in [5, 5.41) is 24.0. The molecule has 1 aromatic heterocycles. The Hall–Kier alpha value is -1.73. The van der Waals surface area contributed by atoms with Crippen molar-refractivity contribution in [3.8, 4) is 0 Å². The van der Waals surface area contributed by atoms with Crippen molar-refractivity contribution in [1.29, 1.82) is 0 Å². The lowest BCUT2D eigenvalue weighted by molar-refractivity contribution is -0.0287. The van der Waals surface area contributed by atoms with Crippen LogP contribution < -0.4 is 0 Å². The molecule has 2 heterocycles. The normalized spacial score (nSPS) is 16.5. The molecule has 0 aliphatic carbocycles. The lowest BCUT2D eigenvalue weighted by atomic mass is 10.1. The van der Waals surface area contributed by atoms with Gasteiger partial charge in [-0.15, -0.1) is 0 Å². The minimum Gasteiger partial charge on any atom is -0.395 e. The van der Waals surface area contributed by atoms with Crippen LogP contribution in [0, 0.1) is 0 Å². The quantitative estimate of drug-likeness (QED) is 0.759. The molecule has 2 N–H and O–H groups in total. The number of benzene rings is 1. The molecule has 1 aliphatic rings. The minimum atomic E-state index is -0.625. The van der Waals surface area contributed by atoms with E-state index in [9.17, 15) is 10.2 Å². The predicted molar refractivity (Wildman–Crippen MR) is 85.8 cm³/mol. The summed E-state index contributed by atoms with van der Waals surface area (Å²) < 4.78 is 7.02. The number of hydrogen-bond acceptors (Lipinski definition) is 5. The molecule has 23 heavy (non-hydrogen) atoms. The topological polar surface area (TPSA) is 70.8 Å². The van der Waals surface area contributed by atoms with Crippen LogP contribution in [0.5, 0.6) is 0 Å². The zero-order valence-corrected chi connectivity index (χ0v) is 13.1. The maximum Gasteiger partial charge on any atom is 0.0985 e. The highest BCUT2D eigenvalue weighted by atomic mass is 16.5. The smallest absolute Gasteiger partial charge is 0.0985 e. The third-order valence-corrected chi connectivity index (χ3v) is 4.10. The van der Waals surface area contributed by atoms with Crippen molar-refractivity contribution >= 4 is 0 Å². The summed E-state index contributed by atoms with van der Waals surface area (Å²) in [5.41, 5.74) is 1.96. The molecule has 2 aromatic rings. The number of rotatable bonds is 8. The number of hydrogen-bond donors (Lipinski definition) is 2. The first kappa shape index (κ1) is 16.1. The first-order valence-electron chi connectivity index (χ1n) is 7.93. The molecular weight excluding hydrogens is 294 g/mol. The average Bonchev–Trinajstić information content (AvgIpc) is 2.96. The van der Waals surface area contributed by atoms with Gasteiger partial charge in [0.1, 0.15) is 0 Å². The fraction of sp³-hybridized carbons (Fsp3) is 0.471. The van der Waals surface area contributed by atoms with E-state index >= 15 is 0 Å². The van der Waals surface area contributed by atoms with Crippen molar-refractivity contribution in [2.24, 2.45) is 0 Å². The molecule has 1 fully saturated rings. The van der Waals surface area contributed by atoms with E-state index in [1.165, 1.54) is 0 Å². The molecular formula is C17H23N3O3. The standard InChI is InChI=1S/C17H23N3O3/c21-7-6-19(9-14-4-2-1-3-5-14)11-17(22)15-8-18-20(10-15)16-12-23-13-16/h1-5,8,10,16-17,21-22H,6-7,9,11-13H2. The van der Waals surface area contributed by atoms with Crippen LogP contribution in [-0.2, 0) is 11.3 Å². The van der Waals surface area contributed by atoms with E-state index in [2.05, 4.69) is 5.10 Å². The van der Waals surface area contributed by atoms with Gasteiger partial charge in [-0.2, -0.15) is 5.10 Å². The molecule has 3 rings (SSSR count). The molecule has 1 atom stereocenters. The fourth-order valence-electron chi connectivity index (χ4n) is 2.67. The molecule has 1 aromatic carbocycles. The highest BCUT2D eigenvalue weighted by Crippen LogP contribution is 2.20. The molecule has 124 valence electrons. The summed E-state index contributed by atoms with van der Waals surface area (Å²) in [6.07, 6.45) is 2.97. The van der Waals surface area contributed by atoms with Gasteiger partial charge in [-0.25, -0.2) is 0 Å². The molecule has 0 spiro atoms. The highest BCUT2D eigenvalue weighted by Gasteiger charge is 2.23. The van der Waals surface area contributed by atoms with Crippen LogP contribution in [0.3, 0.4) is 0 Å². The van der Waals surface area contributed by atoms with E-state index in [0.29, 0.717) is 32.8 Å². The molecule has 0 radical (unpaired) electrons. The van der Waals surface area contributed by atoms with Crippen LogP contribution in [-0.4, -0.2) is 57.8 Å². The maximum atomic E-state index is 10.5. The second-order valence-electron chi connectivity index (χ2n) is 5.91. The number of aliphatic hydroxyl groups is 2. The molecule has 1 aliphatic heterocycles. The Balaban J connectivity index is 1.60. The van der Waals surface area contributed by atoms with E-state index < -0.39 is 6.10 Å². The van der Waals surface area contributed by atoms with Crippen molar-refractivity contribution in [3.63, 3.8) is 0 Å². The third kappa shape index (κ3) is 4.17. The molecule has 0 amide bonds. The molecule has 6 heteroatoms. The van der Waals surface area contributed by atoms with E-state index in [0.717, 1.165) is 11.1 Å². The van der Waals surface area contributed by atoms with Gasteiger partial charge in [0, 0.05) is 31.4 Å². The Kier molecular flexibility index (Phi) is 5.40. The highest BCUT2D eigenvalue weighted by molar-refractivity contribution is 5.15. The fourth-order valence-corrected chi connectivity index (χ4v) is 2.67. The Morgan fingerprint density at radius 1 is 1.30 bits per heavy atom. The number of aromatic nitrogens is 2. The molecule has 1 unspecified atom stereocenters. The summed E-state index contributed by atoms with van der Waals surface area (Å²) in [5.74, 6) is 0. The summed E-state index contributed by atoms with van der Waals surface area (Å²) >= 11 is 0. The largest absolute Gasteiger partial charge is 0.395 e. The second kappa shape index (κ2) is 7.70. The maximum absolute atomic E-state index is 10.5. The van der Waals surface area contributed by atoms with Gasteiger partial charge in [-0.05, 0) is 5.56 Å². The third-order valence-electron chi connectivity index (χ3n) is 4.10. The van der Waals surface area contributed by atoms with E-state index in [1.54, 1.807) is 6.20 Å². The van der Waals surface area contributed by atoms with Crippen molar-refractivity contribution < 1.29 is 14.9 Å². The summed E-state index contributed by atoms with van der Waals surface area (Å²) in [7, 11) is 0. The van der Waals surface area contributed by atoms with Gasteiger partial charge in [-0.1, -0.05) is 30.3 Å². The number of aliphatic hydroxyl groups excluding tert-OH is 2. The van der Waals surface area contributed by atoms with Gasteiger partial charge in [-0.3, -0.25) is 9.58 Å². The van der Waals surface area contributed by atoms with Crippen LogP contribution in [0.4, 0.5) is 0 Å². The van der Waals surface area contributed by atoms with Crippen molar-refractivity contribution in [1.82, 2.24) is 14.7 Å². The zero-order valence-electron chi connectivity index (χ0n) is 13.1. The Labute approximate surface area is 135 Å². The Morgan fingerprint density at radius 3 is 2.74 bits per heavy atom. The van der Waals surface area contributed by atoms with Crippen LogP contribution in [0.25, 0.3) is 0 Å². The van der Waals surface area contributed by atoms with Crippen molar-refractivity contribution in [2.75, 3.05) is 32.9 Å². The molecule has 6 nitrogen and oxygen atoms in total. The predicted octanol–water partition coefficient (Wildman–Crippen LogP) is 0.982. The molecule has 0 bridgehead atoms. The lowest BCUT2D eigenvalue weighted by Crippen LogP contribution is -2.31. The van der Waals surface area contributed by atoms with Crippen molar-refractivity contribution in [3.05, 3.63) is 53.9 Å². The second-order valence-corrected chi connectivity index (χ2v) is 5.91. The first-order chi connectivity index (χ1) is 11.3. The molecule has 0 saturated carbocycles. The van der Waals surface area contributed by atoms with Gasteiger partial charge in [0.2, 0.25) is 0 Å². The SMILES string of the molecule is OCCN(Cc1ccccc1)CC(O)c1cnn(C2COC2)c1. The summed E-state index contributed by atoms with van der Waals surface area (Å²) in [6, 6.07) is 10.3. The molecule has 1 saturated heterocycles. The van der Waals surface area contributed by atoms with Gasteiger partial charge in [0.15, 0.2) is 0 Å². The van der Waals surface area contributed by atoms with Gasteiger partial charge >= 0.3 is 0 Å². The zero-order chi connectivity index (χ0) is 16.1. The number of ether oxygens (including phenoxy) is 1. The van der Waals surface area contributed by atoms with Crippen LogP contribution >= 0.6 is 0 Å². The van der Waals surface area contributed by atoms with Crippen molar-refractivity contribution in [2.45, 2.75) is 18.7 Å². The van der Waals surface area contributed by atoms with E-state index in [4.69, 9.17) is 4.74 Å². The Morgan fingerprint density at radius 2 is 2.09 bits per heavy atom.